The van der Waals surface area contributed by atoms with E-state index in [-0.39, 0.29) is 11.3 Å². The van der Waals surface area contributed by atoms with Gasteiger partial charge < -0.3 is 9.73 Å². The van der Waals surface area contributed by atoms with E-state index in [1.54, 1.807) is 0 Å². The van der Waals surface area contributed by atoms with E-state index >= 15 is 0 Å². The summed E-state index contributed by atoms with van der Waals surface area (Å²) in [6.45, 7) is 14.3. The molecule has 1 aliphatic carbocycles. The summed E-state index contributed by atoms with van der Waals surface area (Å²) >= 11 is 0. The van der Waals surface area contributed by atoms with Crippen molar-refractivity contribution in [1.82, 2.24) is 5.32 Å². The number of hydrogen-bond acceptors (Lipinski definition) is 2. The van der Waals surface area contributed by atoms with Crippen LogP contribution >= 0.6 is 0 Å². The summed E-state index contributed by atoms with van der Waals surface area (Å²) in [6.07, 6.45) is 16.0. The van der Waals surface area contributed by atoms with Crippen molar-refractivity contribution in [2.45, 2.75) is 92.9 Å². The summed E-state index contributed by atoms with van der Waals surface area (Å²) in [6, 6.07) is 7.82. The predicted octanol–water partition coefficient (Wildman–Crippen LogP) is 9.26. The Kier molecular flexibility index (Phi) is 9.60. The Morgan fingerprint density at radius 2 is 1.97 bits per heavy atom. The maximum absolute atomic E-state index is 13.2. The first-order chi connectivity index (χ1) is 16.7. The number of nitrogens with one attached hydrogen (secondary N) is 1. The highest BCUT2D eigenvalue weighted by Gasteiger charge is 2.26. The lowest BCUT2D eigenvalue weighted by Gasteiger charge is -2.32. The molecule has 0 saturated heterocycles. The Hall–Kier alpha value is -2.55. The number of benzene rings is 1. The standard InChI is InChI=1S/C32H45NO2/c1-7-23(2)14-9-8-12-21-33-31(34)30-26-16-10-11-17-28(26)35-29(30)22-24(3)18-19-27-25(4)15-13-20-32(27,5)6/h10-11,16-19,22-23H,7-9,12-15,20-21H2,1-6H3,(H,33,34)/b19-18?,24-22+. The van der Waals surface area contributed by atoms with Crippen LogP contribution in [0.25, 0.3) is 17.0 Å². The van der Waals surface area contributed by atoms with Crippen molar-refractivity contribution in [1.29, 1.82) is 0 Å². The molecule has 1 amide bonds. The molecule has 3 nitrogen and oxygen atoms in total. The molecule has 1 N–H and O–H groups in total. The van der Waals surface area contributed by atoms with Crippen molar-refractivity contribution in [3.8, 4) is 0 Å². The zero-order valence-electron chi connectivity index (χ0n) is 22.8. The molecule has 1 atom stereocenters. The molecule has 1 heterocycles. The zero-order valence-corrected chi connectivity index (χ0v) is 22.8. The van der Waals surface area contributed by atoms with Gasteiger partial charge in [-0.3, -0.25) is 4.79 Å². The fourth-order valence-electron chi connectivity index (χ4n) is 5.17. The zero-order chi connectivity index (χ0) is 25.4. The van der Waals surface area contributed by atoms with E-state index in [1.165, 1.54) is 49.7 Å². The van der Waals surface area contributed by atoms with Crippen LogP contribution in [0.1, 0.15) is 109 Å². The molecule has 0 radical (unpaired) electrons. The minimum atomic E-state index is -0.0492. The molecule has 1 unspecified atom stereocenters. The average Bonchev–Trinajstić information content (AvgIpc) is 3.17. The fourth-order valence-corrected chi connectivity index (χ4v) is 5.17. The highest BCUT2D eigenvalue weighted by atomic mass is 16.3. The van der Waals surface area contributed by atoms with Crippen molar-refractivity contribution in [2.75, 3.05) is 6.54 Å². The van der Waals surface area contributed by atoms with E-state index in [1.807, 2.05) is 30.3 Å². The lowest BCUT2D eigenvalue weighted by atomic mass is 9.72. The molecule has 3 heteroatoms. The van der Waals surface area contributed by atoms with Gasteiger partial charge in [0, 0.05) is 11.9 Å². The van der Waals surface area contributed by atoms with E-state index in [9.17, 15) is 4.79 Å². The van der Waals surface area contributed by atoms with Gasteiger partial charge in [-0.1, -0.05) is 89.3 Å². The first kappa shape index (κ1) is 27.0. The lowest BCUT2D eigenvalue weighted by Crippen LogP contribution is -2.24. The Bertz CT molecular complexity index is 1100. The Morgan fingerprint density at radius 3 is 2.71 bits per heavy atom. The fraction of sp³-hybridized carbons (Fsp3) is 0.531. The molecule has 0 spiro atoms. The van der Waals surface area contributed by atoms with Gasteiger partial charge in [0.15, 0.2) is 0 Å². The molecule has 35 heavy (non-hydrogen) atoms. The van der Waals surface area contributed by atoms with E-state index in [0.29, 0.717) is 17.9 Å². The van der Waals surface area contributed by atoms with E-state index in [0.717, 1.165) is 35.3 Å². The number of rotatable bonds is 11. The van der Waals surface area contributed by atoms with Crippen molar-refractivity contribution < 1.29 is 9.21 Å². The number of hydrogen-bond donors (Lipinski definition) is 1. The molecule has 0 saturated carbocycles. The summed E-state index contributed by atoms with van der Waals surface area (Å²) in [5, 5.41) is 4.01. The van der Waals surface area contributed by atoms with Crippen molar-refractivity contribution in [2.24, 2.45) is 11.3 Å². The summed E-state index contributed by atoms with van der Waals surface area (Å²) < 4.78 is 6.15. The van der Waals surface area contributed by atoms with Gasteiger partial charge >= 0.3 is 0 Å². The second kappa shape index (κ2) is 12.4. The molecule has 3 rings (SSSR count). The number of para-hydroxylation sites is 1. The molecule has 0 aliphatic heterocycles. The Morgan fingerprint density at radius 1 is 1.20 bits per heavy atom. The average molecular weight is 476 g/mol. The maximum atomic E-state index is 13.2. The van der Waals surface area contributed by atoms with E-state index in [4.69, 9.17) is 4.42 Å². The molecule has 1 aromatic carbocycles. The number of unbranched alkanes of at least 4 members (excludes halogenated alkanes) is 2. The van der Waals surface area contributed by atoms with Gasteiger partial charge in [-0.25, -0.2) is 0 Å². The normalized spacial score (nSPS) is 17.4. The molecule has 1 aromatic heterocycles. The summed E-state index contributed by atoms with van der Waals surface area (Å²) in [5.41, 5.74) is 5.59. The summed E-state index contributed by atoms with van der Waals surface area (Å²) in [7, 11) is 0. The smallest absolute Gasteiger partial charge is 0.255 e. The third-order valence-electron chi connectivity index (χ3n) is 7.62. The van der Waals surface area contributed by atoms with Crippen LogP contribution in [0.5, 0.6) is 0 Å². The van der Waals surface area contributed by atoms with Gasteiger partial charge in [-0.2, -0.15) is 0 Å². The van der Waals surface area contributed by atoms with Crippen molar-refractivity contribution >= 4 is 23.0 Å². The number of carbonyl (C=O) groups is 1. The molecule has 0 bridgehead atoms. The topological polar surface area (TPSA) is 42.2 Å². The number of furan rings is 1. The highest BCUT2D eigenvalue weighted by Crippen LogP contribution is 2.41. The monoisotopic (exact) mass is 475 g/mol. The van der Waals surface area contributed by atoms with Crippen LogP contribution in [-0.2, 0) is 0 Å². The molecular weight excluding hydrogens is 430 g/mol. The molecule has 1 aliphatic rings. The quantitative estimate of drug-likeness (QED) is 0.260. The van der Waals surface area contributed by atoms with Gasteiger partial charge in [-0.15, -0.1) is 0 Å². The second-order valence-corrected chi connectivity index (χ2v) is 11.1. The predicted molar refractivity (Wildman–Crippen MR) is 150 cm³/mol. The number of allylic oxidation sites excluding steroid dienone is 5. The van der Waals surface area contributed by atoms with Crippen molar-refractivity contribution in [3.63, 3.8) is 0 Å². The third kappa shape index (κ3) is 7.22. The largest absolute Gasteiger partial charge is 0.456 e. The van der Waals surface area contributed by atoms with E-state index < -0.39 is 0 Å². The molecule has 2 aromatic rings. The van der Waals surface area contributed by atoms with Crippen LogP contribution in [-0.4, -0.2) is 12.5 Å². The van der Waals surface area contributed by atoms with Crippen LogP contribution in [0, 0.1) is 11.3 Å². The Balaban J connectivity index is 1.74. The van der Waals surface area contributed by atoms with Gasteiger partial charge in [0.25, 0.3) is 5.91 Å². The van der Waals surface area contributed by atoms with Gasteiger partial charge in [0.1, 0.15) is 11.3 Å². The van der Waals surface area contributed by atoms with Gasteiger partial charge in [0.05, 0.1) is 5.56 Å². The summed E-state index contributed by atoms with van der Waals surface area (Å²) in [5.74, 6) is 1.38. The highest BCUT2D eigenvalue weighted by molar-refractivity contribution is 6.08. The van der Waals surface area contributed by atoms with Gasteiger partial charge in [-0.05, 0) is 74.2 Å². The lowest BCUT2D eigenvalue weighted by molar-refractivity contribution is 0.0953. The SMILES string of the molecule is CCC(C)CCCCCNC(=O)c1c(/C=C(\C)C=CC2=C(C)CCCC2(C)C)oc2ccccc12. The molecular formula is C32H45NO2. The van der Waals surface area contributed by atoms with E-state index in [2.05, 4.69) is 59.0 Å². The summed E-state index contributed by atoms with van der Waals surface area (Å²) in [4.78, 5) is 13.2. The maximum Gasteiger partial charge on any atom is 0.255 e. The number of carbonyl (C=O) groups excluding carboxylic acids is 1. The number of amides is 1. The minimum Gasteiger partial charge on any atom is -0.456 e. The third-order valence-corrected chi connectivity index (χ3v) is 7.62. The van der Waals surface area contributed by atoms with Gasteiger partial charge in [0.2, 0.25) is 0 Å². The van der Waals surface area contributed by atoms with Crippen LogP contribution in [0.15, 0.2) is 57.6 Å². The first-order valence-electron chi connectivity index (χ1n) is 13.6. The van der Waals surface area contributed by atoms with Crippen LogP contribution in [0.2, 0.25) is 0 Å². The van der Waals surface area contributed by atoms with Crippen molar-refractivity contribution in [3.05, 3.63) is 64.5 Å². The Labute approximate surface area is 212 Å². The number of fused-ring (bicyclic) bond motifs is 1. The second-order valence-electron chi connectivity index (χ2n) is 11.1. The molecule has 0 fully saturated rings. The minimum absolute atomic E-state index is 0.0492. The van der Waals surface area contributed by atoms with Crippen LogP contribution in [0.3, 0.4) is 0 Å². The molecule has 190 valence electrons. The van der Waals surface area contributed by atoms with Crippen LogP contribution < -0.4 is 5.32 Å². The first-order valence-corrected chi connectivity index (χ1v) is 13.6. The van der Waals surface area contributed by atoms with Crippen LogP contribution in [0.4, 0.5) is 0 Å².